The van der Waals surface area contributed by atoms with Crippen molar-refractivity contribution >= 4 is 12.3 Å². The van der Waals surface area contributed by atoms with E-state index in [1.807, 2.05) is 44.2 Å². The summed E-state index contributed by atoms with van der Waals surface area (Å²) in [5.41, 5.74) is 3.77. The molecule has 0 amide bonds. The first-order chi connectivity index (χ1) is 12.1. The Labute approximate surface area is 153 Å². The Bertz CT molecular complexity index is 860. The van der Waals surface area contributed by atoms with Gasteiger partial charge in [0, 0.05) is 5.56 Å². The molecule has 1 aliphatic heterocycles. The monoisotopic (exact) mass is 352 g/mol. The number of carboxylic acid groups (broad SMARTS) is 1. The lowest BCUT2D eigenvalue weighted by atomic mass is 9.72. The number of aldehydes is 1. The van der Waals surface area contributed by atoms with Crippen LogP contribution in [0.1, 0.15) is 55.6 Å². The second kappa shape index (κ2) is 6.27. The topological polar surface area (TPSA) is 63.6 Å². The van der Waals surface area contributed by atoms with Gasteiger partial charge in [0.1, 0.15) is 11.4 Å². The average molecular weight is 352 g/mol. The van der Waals surface area contributed by atoms with E-state index in [9.17, 15) is 9.59 Å². The van der Waals surface area contributed by atoms with Crippen molar-refractivity contribution in [2.75, 3.05) is 0 Å². The Morgan fingerprint density at radius 2 is 1.77 bits per heavy atom. The molecule has 0 aromatic heterocycles. The molecule has 1 aliphatic rings. The van der Waals surface area contributed by atoms with Crippen LogP contribution in [0, 0.1) is 0 Å². The van der Waals surface area contributed by atoms with E-state index in [0.29, 0.717) is 11.3 Å². The number of carbonyl (C=O) groups excluding carboxylic acids is 1. The van der Waals surface area contributed by atoms with Gasteiger partial charge >= 0.3 is 5.97 Å². The van der Waals surface area contributed by atoms with Crippen molar-refractivity contribution in [3.05, 3.63) is 53.1 Å². The largest absolute Gasteiger partial charge is 0.487 e. The summed E-state index contributed by atoms with van der Waals surface area (Å²) in [4.78, 5) is 22.6. The number of aliphatic carboxylic acids is 1. The third-order valence-corrected chi connectivity index (χ3v) is 4.86. The Balaban J connectivity index is 2.08. The van der Waals surface area contributed by atoms with Gasteiger partial charge in [-0.1, -0.05) is 38.1 Å². The molecule has 0 saturated carbocycles. The Kier molecular flexibility index (Phi) is 4.39. The maximum absolute atomic E-state index is 11.7. The zero-order chi connectivity index (χ0) is 19.1. The molecule has 3 rings (SSSR count). The molecule has 4 heteroatoms. The van der Waals surface area contributed by atoms with Crippen LogP contribution in [0.15, 0.2) is 36.4 Å². The molecule has 0 spiro atoms. The number of rotatable bonds is 4. The van der Waals surface area contributed by atoms with E-state index in [4.69, 9.17) is 9.84 Å². The van der Waals surface area contributed by atoms with Crippen LogP contribution in [0.25, 0.3) is 11.1 Å². The second-order valence-corrected chi connectivity index (χ2v) is 8.25. The van der Waals surface area contributed by atoms with E-state index >= 15 is 0 Å². The van der Waals surface area contributed by atoms with Crippen molar-refractivity contribution in [2.45, 2.75) is 51.6 Å². The minimum atomic E-state index is -0.851. The molecule has 2 aromatic rings. The molecule has 2 aromatic carbocycles. The maximum Gasteiger partial charge on any atom is 0.307 e. The summed E-state index contributed by atoms with van der Waals surface area (Å²) in [6.07, 6.45) is 1.70. The fraction of sp³-hybridized carbons (Fsp3) is 0.364. The summed E-state index contributed by atoms with van der Waals surface area (Å²) in [7, 11) is 0. The lowest BCUT2D eigenvalue weighted by molar-refractivity contribution is -0.136. The Morgan fingerprint density at radius 3 is 2.35 bits per heavy atom. The molecular weight excluding hydrogens is 328 g/mol. The van der Waals surface area contributed by atoms with E-state index in [0.717, 1.165) is 35.0 Å². The number of carbonyl (C=O) groups is 2. The lowest BCUT2D eigenvalue weighted by Gasteiger charge is -2.43. The smallest absolute Gasteiger partial charge is 0.307 e. The highest BCUT2D eigenvalue weighted by atomic mass is 16.5. The summed E-state index contributed by atoms with van der Waals surface area (Å²) in [6, 6.07) is 11.4. The summed E-state index contributed by atoms with van der Waals surface area (Å²) < 4.78 is 6.13. The zero-order valence-electron chi connectivity index (χ0n) is 15.6. The van der Waals surface area contributed by atoms with E-state index in [1.165, 1.54) is 0 Å². The van der Waals surface area contributed by atoms with Gasteiger partial charge in [-0.05, 0) is 54.5 Å². The van der Waals surface area contributed by atoms with Gasteiger partial charge in [0.2, 0.25) is 0 Å². The van der Waals surface area contributed by atoms with E-state index < -0.39 is 5.97 Å². The molecule has 4 nitrogen and oxygen atoms in total. The lowest BCUT2D eigenvalue weighted by Crippen LogP contribution is -2.41. The standard InChI is InChI=1S/C22H24O4/c1-21(2)13-22(3,4)26-20-17(12-23)10-16(11-18(20)21)15-7-5-14(6-8-15)9-19(24)25/h5-8,10-12H,9,13H2,1-4H3,(H,24,25). The van der Waals surface area contributed by atoms with Gasteiger partial charge in [0.25, 0.3) is 0 Å². The van der Waals surface area contributed by atoms with Crippen LogP contribution in [0.4, 0.5) is 0 Å². The van der Waals surface area contributed by atoms with Crippen LogP contribution < -0.4 is 4.74 Å². The van der Waals surface area contributed by atoms with Crippen molar-refractivity contribution < 1.29 is 19.4 Å². The molecule has 1 N–H and O–H groups in total. The van der Waals surface area contributed by atoms with Crippen LogP contribution in [0.2, 0.25) is 0 Å². The summed E-state index contributed by atoms with van der Waals surface area (Å²) in [5.74, 6) is -0.177. The molecule has 0 bridgehead atoms. The SMILES string of the molecule is CC1(C)CC(C)(C)c2cc(-c3ccc(CC(=O)O)cc3)cc(C=O)c2O1. The second-order valence-electron chi connectivity index (χ2n) is 8.25. The van der Waals surface area contributed by atoms with Gasteiger partial charge in [-0.3, -0.25) is 9.59 Å². The predicted octanol–water partition coefficient (Wildman–Crippen LogP) is 4.63. The van der Waals surface area contributed by atoms with Crippen LogP contribution in [0.5, 0.6) is 5.75 Å². The molecular formula is C22H24O4. The zero-order valence-corrected chi connectivity index (χ0v) is 15.6. The third-order valence-electron chi connectivity index (χ3n) is 4.86. The summed E-state index contributed by atoms with van der Waals surface area (Å²) in [6.45, 7) is 8.43. The van der Waals surface area contributed by atoms with Crippen molar-refractivity contribution in [1.82, 2.24) is 0 Å². The van der Waals surface area contributed by atoms with Gasteiger partial charge in [-0.2, -0.15) is 0 Å². The number of fused-ring (bicyclic) bond motifs is 1. The normalized spacial score (nSPS) is 17.1. The maximum atomic E-state index is 11.7. The highest BCUT2D eigenvalue weighted by molar-refractivity contribution is 5.85. The molecule has 0 atom stereocenters. The fourth-order valence-corrected chi connectivity index (χ4v) is 3.98. The van der Waals surface area contributed by atoms with E-state index in [-0.39, 0.29) is 17.4 Å². The molecule has 136 valence electrons. The number of benzene rings is 2. The molecule has 1 heterocycles. The molecule has 26 heavy (non-hydrogen) atoms. The first-order valence-electron chi connectivity index (χ1n) is 8.75. The van der Waals surface area contributed by atoms with Crippen molar-refractivity contribution in [3.63, 3.8) is 0 Å². The average Bonchev–Trinajstić information content (AvgIpc) is 2.52. The minimum Gasteiger partial charge on any atom is -0.487 e. The molecule has 0 radical (unpaired) electrons. The minimum absolute atomic E-state index is 0.00000929. The van der Waals surface area contributed by atoms with Gasteiger partial charge in [-0.15, -0.1) is 0 Å². The predicted molar refractivity (Wildman–Crippen MR) is 101 cm³/mol. The number of hydrogen-bond donors (Lipinski definition) is 1. The van der Waals surface area contributed by atoms with Crippen LogP contribution in [-0.4, -0.2) is 23.0 Å². The quantitative estimate of drug-likeness (QED) is 0.815. The first kappa shape index (κ1) is 18.2. The van der Waals surface area contributed by atoms with E-state index in [1.54, 1.807) is 0 Å². The van der Waals surface area contributed by atoms with Gasteiger partial charge in [0.05, 0.1) is 12.0 Å². The fourth-order valence-electron chi connectivity index (χ4n) is 3.98. The molecule has 0 aliphatic carbocycles. The van der Waals surface area contributed by atoms with E-state index in [2.05, 4.69) is 19.9 Å². The van der Waals surface area contributed by atoms with Crippen molar-refractivity contribution in [3.8, 4) is 16.9 Å². The highest BCUT2D eigenvalue weighted by Gasteiger charge is 2.40. The number of carboxylic acids is 1. The highest BCUT2D eigenvalue weighted by Crippen LogP contribution is 2.47. The Morgan fingerprint density at radius 1 is 1.12 bits per heavy atom. The number of ether oxygens (including phenoxy) is 1. The third kappa shape index (κ3) is 3.50. The van der Waals surface area contributed by atoms with Gasteiger partial charge in [0.15, 0.2) is 6.29 Å². The summed E-state index contributed by atoms with van der Waals surface area (Å²) in [5, 5.41) is 8.90. The molecule has 0 fully saturated rings. The van der Waals surface area contributed by atoms with Gasteiger partial charge < -0.3 is 9.84 Å². The molecule has 0 saturated heterocycles. The first-order valence-corrected chi connectivity index (χ1v) is 8.75. The van der Waals surface area contributed by atoms with Crippen molar-refractivity contribution in [1.29, 1.82) is 0 Å². The van der Waals surface area contributed by atoms with Crippen molar-refractivity contribution in [2.24, 2.45) is 0 Å². The number of hydrogen-bond acceptors (Lipinski definition) is 3. The van der Waals surface area contributed by atoms with Crippen LogP contribution >= 0.6 is 0 Å². The van der Waals surface area contributed by atoms with Gasteiger partial charge in [-0.25, -0.2) is 0 Å². The van der Waals surface area contributed by atoms with Crippen LogP contribution in [0.3, 0.4) is 0 Å². The van der Waals surface area contributed by atoms with Crippen LogP contribution in [-0.2, 0) is 16.6 Å². The Hall–Kier alpha value is -2.62. The molecule has 0 unspecified atom stereocenters. The summed E-state index contributed by atoms with van der Waals surface area (Å²) >= 11 is 0.